The number of rotatable bonds is 4. The molecule has 24 heavy (non-hydrogen) atoms. The van der Waals surface area contributed by atoms with Crippen LogP contribution in [0.4, 0.5) is 5.69 Å². The van der Waals surface area contributed by atoms with E-state index in [4.69, 9.17) is 14.2 Å². The Labute approximate surface area is 139 Å². The molecule has 0 spiro atoms. The van der Waals surface area contributed by atoms with Crippen LogP contribution in [0.5, 0.6) is 11.5 Å². The van der Waals surface area contributed by atoms with Gasteiger partial charge in [-0.05, 0) is 25.5 Å². The number of hydrogen-bond acceptors (Lipinski definition) is 7. The van der Waals surface area contributed by atoms with E-state index in [9.17, 15) is 18.0 Å². The van der Waals surface area contributed by atoms with Gasteiger partial charge in [0.1, 0.15) is 0 Å². The van der Waals surface area contributed by atoms with Crippen molar-refractivity contribution in [1.29, 1.82) is 0 Å². The predicted octanol–water partition coefficient (Wildman–Crippen LogP) is 0.720. The number of carbonyl (C=O) groups is 2. The summed E-state index contributed by atoms with van der Waals surface area (Å²) in [6.07, 6.45) is -0.802. The molecule has 8 nitrogen and oxygen atoms in total. The zero-order chi connectivity index (χ0) is 17.3. The third-order valence-corrected chi connectivity index (χ3v) is 5.64. The molecule has 0 saturated carbocycles. The molecule has 2 aliphatic heterocycles. The fourth-order valence-corrected chi connectivity index (χ4v) is 4.25. The Balaban J connectivity index is 1.56. The van der Waals surface area contributed by atoms with Gasteiger partial charge in [0.05, 0.1) is 17.4 Å². The molecule has 2 aliphatic rings. The highest BCUT2D eigenvalue weighted by atomic mass is 32.2. The average molecular weight is 355 g/mol. The molecule has 0 radical (unpaired) electrons. The lowest BCUT2D eigenvalue weighted by Gasteiger charge is -2.15. The van der Waals surface area contributed by atoms with Gasteiger partial charge in [0.15, 0.2) is 27.4 Å². The van der Waals surface area contributed by atoms with Crippen LogP contribution in [0.2, 0.25) is 0 Å². The zero-order valence-corrected chi connectivity index (χ0v) is 13.8. The summed E-state index contributed by atoms with van der Waals surface area (Å²) < 4.78 is 38.3. The molecule has 1 fully saturated rings. The minimum atomic E-state index is -3.18. The van der Waals surface area contributed by atoms with Crippen LogP contribution in [0.15, 0.2) is 18.2 Å². The molecule has 1 saturated heterocycles. The highest BCUT2D eigenvalue weighted by Gasteiger charge is 2.35. The van der Waals surface area contributed by atoms with Gasteiger partial charge in [0, 0.05) is 11.8 Å². The minimum Gasteiger partial charge on any atom is -0.454 e. The first-order chi connectivity index (χ1) is 11.3. The Morgan fingerprint density at radius 3 is 2.75 bits per heavy atom. The molecule has 1 aromatic rings. The molecule has 2 atom stereocenters. The lowest BCUT2D eigenvalue weighted by atomic mass is 10.1. The number of sulfone groups is 1. The van der Waals surface area contributed by atoms with E-state index in [0.29, 0.717) is 17.2 Å². The van der Waals surface area contributed by atoms with E-state index in [1.807, 2.05) is 0 Å². The van der Waals surface area contributed by atoms with Crippen molar-refractivity contribution in [3.63, 3.8) is 0 Å². The van der Waals surface area contributed by atoms with Crippen molar-refractivity contribution in [2.75, 3.05) is 23.6 Å². The fraction of sp³-hybridized carbons (Fsp3) is 0.467. The second-order valence-electron chi connectivity index (χ2n) is 5.74. The third kappa shape index (κ3) is 3.61. The van der Waals surface area contributed by atoms with Gasteiger partial charge >= 0.3 is 5.97 Å². The molecule has 1 amide bonds. The van der Waals surface area contributed by atoms with Gasteiger partial charge in [-0.2, -0.15) is 0 Å². The number of carbonyl (C=O) groups excluding carboxylic acids is 2. The topological polar surface area (TPSA) is 108 Å². The van der Waals surface area contributed by atoms with E-state index in [0.717, 1.165) is 0 Å². The van der Waals surface area contributed by atoms with Crippen molar-refractivity contribution < 1.29 is 32.2 Å². The lowest BCUT2D eigenvalue weighted by molar-refractivity contribution is -0.156. The molecule has 0 aliphatic carbocycles. The number of ether oxygens (including phenoxy) is 3. The first-order valence-corrected chi connectivity index (χ1v) is 9.27. The Bertz CT molecular complexity index is 774. The number of fused-ring (bicyclic) bond motifs is 1. The quantitative estimate of drug-likeness (QED) is 0.793. The van der Waals surface area contributed by atoms with Gasteiger partial charge in [-0.1, -0.05) is 0 Å². The van der Waals surface area contributed by atoms with Gasteiger partial charge < -0.3 is 19.5 Å². The molecule has 0 bridgehead atoms. The summed E-state index contributed by atoms with van der Waals surface area (Å²) in [5.41, 5.74) is 0.482. The van der Waals surface area contributed by atoms with E-state index < -0.39 is 33.7 Å². The minimum absolute atomic E-state index is 0.0233. The molecule has 0 aromatic heterocycles. The highest BCUT2D eigenvalue weighted by Crippen LogP contribution is 2.34. The first kappa shape index (κ1) is 16.6. The van der Waals surface area contributed by atoms with Crippen LogP contribution in [0.25, 0.3) is 0 Å². The van der Waals surface area contributed by atoms with Crippen molar-refractivity contribution in [3.8, 4) is 11.5 Å². The molecule has 3 rings (SSSR count). The van der Waals surface area contributed by atoms with Crippen LogP contribution in [0.3, 0.4) is 0 Å². The summed E-state index contributed by atoms with van der Waals surface area (Å²) >= 11 is 0. The molecular weight excluding hydrogens is 338 g/mol. The summed E-state index contributed by atoms with van der Waals surface area (Å²) in [5, 5.41) is 2.61. The summed E-state index contributed by atoms with van der Waals surface area (Å²) in [7, 11) is -3.18. The number of benzene rings is 1. The van der Waals surface area contributed by atoms with E-state index in [-0.39, 0.29) is 24.7 Å². The fourth-order valence-electron chi connectivity index (χ4n) is 2.52. The van der Waals surface area contributed by atoms with E-state index in [2.05, 4.69) is 5.32 Å². The maximum absolute atomic E-state index is 12.1. The molecule has 9 heteroatoms. The molecular formula is C15H17NO7S. The van der Waals surface area contributed by atoms with Gasteiger partial charge in [-0.15, -0.1) is 0 Å². The normalized spacial score (nSPS) is 22.0. The van der Waals surface area contributed by atoms with Gasteiger partial charge in [0.25, 0.3) is 5.91 Å². The largest absolute Gasteiger partial charge is 0.454 e. The molecule has 1 N–H and O–H groups in total. The SMILES string of the molecule is C[C@H](OC(=O)[C@H]1CCS(=O)(=O)C1)C(=O)Nc1ccc2c(c1)OCO2. The van der Waals surface area contributed by atoms with E-state index >= 15 is 0 Å². The lowest BCUT2D eigenvalue weighted by Crippen LogP contribution is -2.32. The van der Waals surface area contributed by atoms with Crippen molar-refractivity contribution in [1.82, 2.24) is 0 Å². The molecule has 1 aromatic carbocycles. The summed E-state index contributed by atoms with van der Waals surface area (Å²) in [5.74, 6) is -1.00. The van der Waals surface area contributed by atoms with Crippen LogP contribution < -0.4 is 14.8 Å². The van der Waals surface area contributed by atoms with Crippen molar-refractivity contribution in [2.24, 2.45) is 5.92 Å². The summed E-state index contributed by atoms with van der Waals surface area (Å²) in [6.45, 7) is 1.56. The number of hydrogen-bond donors (Lipinski definition) is 1. The van der Waals surface area contributed by atoms with Gasteiger partial charge in [0.2, 0.25) is 6.79 Å². The van der Waals surface area contributed by atoms with Crippen LogP contribution >= 0.6 is 0 Å². The smallest absolute Gasteiger partial charge is 0.310 e. The summed E-state index contributed by atoms with van der Waals surface area (Å²) in [6, 6.07) is 4.92. The van der Waals surface area contributed by atoms with Crippen molar-refractivity contribution in [2.45, 2.75) is 19.4 Å². The zero-order valence-electron chi connectivity index (χ0n) is 13.0. The number of anilines is 1. The Hall–Kier alpha value is -2.29. The van der Waals surface area contributed by atoms with Gasteiger partial charge in [-0.25, -0.2) is 8.42 Å². The van der Waals surface area contributed by atoms with Crippen LogP contribution in [0, 0.1) is 5.92 Å². The first-order valence-electron chi connectivity index (χ1n) is 7.45. The summed E-state index contributed by atoms with van der Waals surface area (Å²) in [4.78, 5) is 24.1. The van der Waals surface area contributed by atoms with E-state index in [1.165, 1.54) is 6.92 Å². The Morgan fingerprint density at radius 1 is 1.29 bits per heavy atom. The highest BCUT2D eigenvalue weighted by molar-refractivity contribution is 7.91. The number of esters is 1. The Morgan fingerprint density at radius 2 is 2.04 bits per heavy atom. The molecule has 130 valence electrons. The standard InChI is InChI=1S/C15H17NO7S/c1-9(23-15(18)10-4-5-24(19,20)7-10)14(17)16-11-2-3-12-13(6-11)22-8-21-12/h2-3,6,9-10H,4-5,7-8H2,1H3,(H,16,17)/t9-,10-/m0/s1. The van der Waals surface area contributed by atoms with Crippen LogP contribution in [0.1, 0.15) is 13.3 Å². The maximum Gasteiger partial charge on any atom is 0.310 e. The van der Waals surface area contributed by atoms with Gasteiger partial charge in [-0.3, -0.25) is 9.59 Å². The number of nitrogens with one attached hydrogen (secondary N) is 1. The van der Waals surface area contributed by atoms with Crippen LogP contribution in [-0.2, 0) is 24.2 Å². The molecule has 0 unspecified atom stereocenters. The average Bonchev–Trinajstić information content (AvgIpc) is 3.12. The van der Waals surface area contributed by atoms with Crippen LogP contribution in [-0.4, -0.2) is 44.7 Å². The number of amides is 1. The second kappa shape index (κ2) is 6.31. The van der Waals surface area contributed by atoms with E-state index in [1.54, 1.807) is 18.2 Å². The molecule has 2 heterocycles. The van der Waals surface area contributed by atoms with Crippen molar-refractivity contribution >= 4 is 27.4 Å². The van der Waals surface area contributed by atoms with Crippen molar-refractivity contribution in [3.05, 3.63) is 18.2 Å². The predicted molar refractivity (Wildman–Crippen MR) is 83.5 cm³/mol. The third-order valence-electron chi connectivity index (χ3n) is 3.87. The second-order valence-corrected chi connectivity index (χ2v) is 7.97. The Kier molecular flexibility index (Phi) is 4.35. The monoisotopic (exact) mass is 355 g/mol. The maximum atomic E-state index is 12.1.